The molecule has 0 aromatic carbocycles. The molecule has 15 heavy (non-hydrogen) atoms. The summed E-state index contributed by atoms with van der Waals surface area (Å²) in [6, 6.07) is 0. The van der Waals surface area contributed by atoms with Gasteiger partial charge in [-0.05, 0) is 30.1 Å². The lowest BCUT2D eigenvalue weighted by molar-refractivity contribution is -0.151. The Bertz CT molecular complexity index is 280. The van der Waals surface area contributed by atoms with Crippen molar-refractivity contribution in [2.75, 3.05) is 0 Å². The molecule has 2 aliphatic carbocycles. The molecular formula is C13H22O2. The first-order chi connectivity index (χ1) is 6.90. The summed E-state index contributed by atoms with van der Waals surface area (Å²) in [5.41, 5.74) is 0.724. The normalized spacial score (nSPS) is 41.9. The highest BCUT2D eigenvalue weighted by molar-refractivity contribution is 5.69. The standard InChI is InChI=1S/C13H22O2/c1-5-11(14)15-10-8-13(4)7-6-9(10)12(13,2)3/h9-10H,5-8H2,1-4H3/t9-,10?,13?/m0/s1. The van der Waals surface area contributed by atoms with Crippen molar-refractivity contribution in [1.82, 2.24) is 0 Å². The molecule has 0 spiro atoms. The molecule has 0 radical (unpaired) electrons. The van der Waals surface area contributed by atoms with Crippen LogP contribution in [0.25, 0.3) is 0 Å². The van der Waals surface area contributed by atoms with E-state index in [1.807, 2.05) is 6.92 Å². The predicted octanol–water partition coefficient (Wildman–Crippen LogP) is 3.15. The molecule has 2 nitrogen and oxygen atoms in total. The van der Waals surface area contributed by atoms with Crippen molar-refractivity contribution < 1.29 is 9.53 Å². The van der Waals surface area contributed by atoms with Crippen LogP contribution in [0, 0.1) is 16.7 Å². The first kappa shape index (κ1) is 11.0. The van der Waals surface area contributed by atoms with E-state index in [2.05, 4.69) is 20.8 Å². The third kappa shape index (κ3) is 1.41. The smallest absolute Gasteiger partial charge is 0.305 e. The highest BCUT2D eigenvalue weighted by atomic mass is 16.5. The Morgan fingerprint density at radius 2 is 2.07 bits per heavy atom. The molecule has 0 aliphatic heterocycles. The zero-order valence-electron chi connectivity index (χ0n) is 10.3. The number of hydrogen-bond donors (Lipinski definition) is 0. The second-order valence-electron chi connectivity index (χ2n) is 6.01. The Hall–Kier alpha value is -0.530. The summed E-state index contributed by atoms with van der Waals surface area (Å²) in [6.07, 6.45) is 4.28. The zero-order valence-corrected chi connectivity index (χ0v) is 10.3. The number of carbonyl (C=O) groups is 1. The third-order valence-electron chi connectivity index (χ3n) is 5.16. The Morgan fingerprint density at radius 1 is 1.40 bits per heavy atom. The highest BCUT2D eigenvalue weighted by Crippen LogP contribution is 2.66. The van der Waals surface area contributed by atoms with Crippen molar-refractivity contribution in [2.24, 2.45) is 16.7 Å². The third-order valence-corrected chi connectivity index (χ3v) is 5.16. The minimum absolute atomic E-state index is 0.0352. The summed E-state index contributed by atoms with van der Waals surface area (Å²) in [4.78, 5) is 11.3. The van der Waals surface area contributed by atoms with Crippen LogP contribution in [0.4, 0.5) is 0 Å². The van der Waals surface area contributed by atoms with E-state index in [9.17, 15) is 4.79 Å². The number of hydrogen-bond acceptors (Lipinski definition) is 2. The van der Waals surface area contributed by atoms with Gasteiger partial charge < -0.3 is 4.74 Å². The average Bonchev–Trinajstić information content (AvgIpc) is 2.48. The van der Waals surface area contributed by atoms with E-state index in [1.165, 1.54) is 12.8 Å². The molecule has 0 saturated heterocycles. The number of rotatable bonds is 2. The first-order valence-corrected chi connectivity index (χ1v) is 6.10. The van der Waals surface area contributed by atoms with E-state index in [1.54, 1.807) is 0 Å². The minimum Gasteiger partial charge on any atom is -0.462 e. The number of carbonyl (C=O) groups excluding carboxylic acids is 1. The summed E-state index contributed by atoms with van der Waals surface area (Å²) >= 11 is 0. The summed E-state index contributed by atoms with van der Waals surface area (Å²) in [6.45, 7) is 8.89. The molecule has 2 unspecified atom stereocenters. The molecular weight excluding hydrogens is 188 g/mol. The second kappa shape index (κ2) is 3.23. The van der Waals surface area contributed by atoms with Crippen molar-refractivity contribution in [1.29, 1.82) is 0 Å². The maximum atomic E-state index is 11.3. The average molecular weight is 210 g/mol. The monoisotopic (exact) mass is 210 g/mol. The first-order valence-electron chi connectivity index (χ1n) is 6.10. The topological polar surface area (TPSA) is 26.3 Å². The largest absolute Gasteiger partial charge is 0.462 e. The van der Waals surface area contributed by atoms with E-state index in [0.717, 1.165) is 6.42 Å². The van der Waals surface area contributed by atoms with Crippen LogP contribution in [0.1, 0.15) is 53.4 Å². The molecule has 86 valence electrons. The van der Waals surface area contributed by atoms with E-state index in [-0.39, 0.29) is 12.1 Å². The fourth-order valence-corrected chi connectivity index (χ4v) is 3.58. The predicted molar refractivity (Wildman–Crippen MR) is 59.4 cm³/mol. The Labute approximate surface area is 92.4 Å². The molecule has 0 heterocycles. The Balaban J connectivity index is 2.12. The van der Waals surface area contributed by atoms with Crippen molar-refractivity contribution in [3.05, 3.63) is 0 Å². The maximum absolute atomic E-state index is 11.3. The number of esters is 1. The summed E-state index contributed by atoms with van der Waals surface area (Å²) in [5.74, 6) is 0.546. The van der Waals surface area contributed by atoms with Gasteiger partial charge in [-0.1, -0.05) is 27.7 Å². The van der Waals surface area contributed by atoms with E-state index in [0.29, 0.717) is 23.2 Å². The SMILES string of the molecule is CCC(=O)OC1CC2(C)CC[C@@H]1C2(C)C. The molecule has 2 rings (SSSR count). The highest BCUT2D eigenvalue weighted by Gasteiger charge is 2.61. The van der Waals surface area contributed by atoms with Crippen LogP contribution >= 0.6 is 0 Å². The Kier molecular flexibility index (Phi) is 2.36. The van der Waals surface area contributed by atoms with Gasteiger partial charge in [-0.25, -0.2) is 0 Å². The lowest BCUT2D eigenvalue weighted by Gasteiger charge is -2.33. The minimum atomic E-state index is -0.0352. The van der Waals surface area contributed by atoms with Crippen molar-refractivity contribution in [3.63, 3.8) is 0 Å². The van der Waals surface area contributed by atoms with Crippen LogP contribution in [-0.2, 0) is 9.53 Å². The van der Waals surface area contributed by atoms with Gasteiger partial charge in [0.15, 0.2) is 0 Å². The van der Waals surface area contributed by atoms with Crippen molar-refractivity contribution >= 4 is 5.97 Å². The van der Waals surface area contributed by atoms with Gasteiger partial charge in [-0.2, -0.15) is 0 Å². The molecule has 2 fully saturated rings. The number of fused-ring (bicyclic) bond motifs is 2. The van der Waals surface area contributed by atoms with Crippen molar-refractivity contribution in [3.8, 4) is 0 Å². The summed E-state index contributed by atoms with van der Waals surface area (Å²) < 4.78 is 5.56. The van der Waals surface area contributed by atoms with Crippen LogP contribution in [-0.4, -0.2) is 12.1 Å². The molecule has 0 aromatic rings. The van der Waals surface area contributed by atoms with Gasteiger partial charge in [0.1, 0.15) is 6.10 Å². The molecule has 0 N–H and O–H groups in total. The van der Waals surface area contributed by atoms with Gasteiger partial charge in [-0.15, -0.1) is 0 Å². The van der Waals surface area contributed by atoms with Gasteiger partial charge in [0.2, 0.25) is 0 Å². The second-order valence-corrected chi connectivity index (χ2v) is 6.01. The fraction of sp³-hybridized carbons (Fsp3) is 0.923. The van der Waals surface area contributed by atoms with Crippen molar-refractivity contribution in [2.45, 2.75) is 59.5 Å². The van der Waals surface area contributed by atoms with Crippen LogP contribution in [0.3, 0.4) is 0 Å². The van der Waals surface area contributed by atoms with Crippen LogP contribution < -0.4 is 0 Å². The van der Waals surface area contributed by atoms with Gasteiger partial charge in [-0.3, -0.25) is 4.79 Å². The molecule has 2 bridgehead atoms. The van der Waals surface area contributed by atoms with Gasteiger partial charge >= 0.3 is 5.97 Å². The quantitative estimate of drug-likeness (QED) is 0.654. The van der Waals surface area contributed by atoms with Crippen LogP contribution in [0.5, 0.6) is 0 Å². The lowest BCUT2D eigenvalue weighted by Crippen LogP contribution is -2.27. The van der Waals surface area contributed by atoms with Crippen LogP contribution in [0.2, 0.25) is 0 Å². The van der Waals surface area contributed by atoms with Gasteiger partial charge in [0, 0.05) is 12.3 Å². The fourth-order valence-electron chi connectivity index (χ4n) is 3.58. The van der Waals surface area contributed by atoms with E-state index in [4.69, 9.17) is 4.74 Å². The summed E-state index contributed by atoms with van der Waals surface area (Å²) in [5, 5.41) is 0. The zero-order chi connectivity index (χ0) is 11.3. The molecule has 0 amide bonds. The molecule has 3 atom stereocenters. The molecule has 2 saturated carbocycles. The van der Waals surface area contributed by atoms with Gasteiger partial charge in [0.05, 0.1) is 0 Å². The van der Waals surface area contributed by atoms with E-state index < -0.39 is 0 Å². The van der Waals surface area contributed by atoms with Crippen LogP contribution in [0.15, 0.2) is 0 Å². The van der Waals surface area contributed by atoms with Gasteiger partial charge in [0.25, 0.3) is 0 Å². The maximum Gasteiger partial charge on any atom is 0.305 e. The molecule has 2 aliphatic rings. The molecule has 0 aromatic heterocycles. The molecule has 2 heteroatoms. The van der Waals surface area contributed by atoms with E-state index >= 15 is 0 Å². The lowest BCUT2D eigenvalue weighted by atomic mass is 9.71. The summed E-state index contributed by atoms with van der Waals surface area (Å²) in [7, 11) is 0. The number of ether oxygens (including phenoxy) is 1. The Morgan fingerprint density at radius 3 is 2.47 bits per heavy atom.